The van der Waals surface area contributed by atoms with Crippen LogP contribution in [0.4, 0.5) is 4.39 Å². The van der Waals surface area contributed by atoms with Crippen molar-refractivity contribution < 1.29 is 4.39 Å². The van der Waals surface area contributed by atoms with E-state index in [1.165, 1.54) is 18.2 Å². The summed E-state index contributed by atoms with van der Waals surface area (Å²) in [5.74, 6) is 0.0854. The molecule has 4 heteroatoms. The first-order valence-corrected chi connectivity index (χ1v) is 6.05. The monoisotopic (exact) mass is 246 g/mol. The zero-order chi connectivity index (χ0) is 13.0. The van der Waals surface area contributed by atoms with Gasteiger partial charge in [-0.15, -0.1) is 0 Å². The molecule has 0 bridgehead atoms. The van der Waals surface area contributed by atoms with Gasteiger partial charge in [-0.05, 0) is 25.0 Å². The molecule has 2 rings (SSSR count). The molecule has 18 heavy (non-hydrogen) atoms. The van der Waals surface area contributed by atoms with E-state index in [-0.39, 0.29) is 11.4 Å². The highest BCUT2D eigenvalue weighted by Crippen LogP contribution is 2.15. The Bertz CT molecular complexity index is 592. The van der Waals surface area contributed by atoms with Gasteiger partial charge < -0.3 is 4.98 Å². The van der Waals surface area contributed by atoms with Crippen molar-refractivity contribution in [1.29, 1.82) is 0 Å². The van der Waals surface area contributed by atoms with Gasteiger partial charge in [-0.25, -0.2) is 9.37 Å². The molecule has 94 valence electrons. The Morgan fingerprint density at radius 1 is 1.33 bits per heavy atom. The van der Waals surface area contributed by atoms with Crippen LogP contribution in [0.1, 0.15) is 25.5 Å². The topological polar surface area (TPSA) is 45.8 Å². The van der Waals surface area contributed by atoms with Crippen LogP contribution in [0.5, 0.6) is 0 Å². The number of nitrogens with zero attached hydrogens (tertiary/aromatic N) is 1. The van der Waals surface area contributed by atoms with Crippen molar-refractivity contribution >= 4 is 0 Å². The lowest BCUT2D eigenvalue weighted by molar-refractivity contribution is 0.628. The molecule has 0 aliphatic heterocycles. The predicted molar refractivity (Wildman–Crippen MR) is 68.9 cm³/mol. The van der Waals surface area contributed by atoms with Gasteiger partial charge in [-0.2, -0.15) is 0 Å². The highest BCUT2D eigenvalue weighted by atomic mass is 19.1. The first-order chi connectivity index (χ1) is 8.69. The van der Waals surface area contributed by atoms with E-state index in [1.807, 2.05) is 0 Å². The van der Waals surface area contributed by atoms with Crippen molar-refractivity contribution in [2.24, 2.45) is 0 Å². The third-order valence-electron chi connectivity index (χ3n) is 2.68. The molecule has 0 fully saturated rings. The molecule has 0 aliphatic carbocycles. The summed E-state index contributed by atoms with van der Waals surface area (Å²) < 4.78 is 13.1. The van der Waals surface area contributed by atoms with Gasteiger partial charge in [-0.1, -0.05) is 25.5 Å². The fourth-order valence-corrected chi connectivity index (χ4v) is 1.77. The first-order valence-electron chi connectivity index (χ1n) is 6.05. The summed E-state index contributed by atoms with van der Waals surface area (Å²) in [5, 5.41) is 0. The molecule has 1 heterocycles. The van der Waals surface area contributed by atoms with Crippen molar-refractivity contribution in [3.05, 3.63) is 52.2 Å². The van der Waals surface area contributed by atoms with E-state index in [1.54, 1.807) is 12.1 Å². The van der Waals surface area contributed by atoms with Crippen LogP contribution >= 0.6 is 0 Å². The summed E-state index contributed by atoms with van der Waals surface area (Å²) in [6.07, 6.45) is 2.80. The number of unbranched alkanes of at least 4 members (excludes halogenated alkanes) is 1. The van der Waals surface area contributed by atoms with Crippen LogP contribution in [0.15, 0.2) is 35.1 Å². The lowest BCUT2D eigenvalue weighted by Crippen LogP contribution is -2.10. The van der Waals surface area contributed by atoms with Gasteiger partial charge >= 0.3 is 0 Å². The van der Waals surface area contributed by atoms with Crippen molar-refractivity contribution in [2.45, 2.75) is 26.2 Å². The van der Waals surface area contributed by atoms with Crippen LogP contribution < -0.4 is 5.56 Å². The second-order valence-electron chi connectivity index (χ2n) is 4.20. The summed E-state index contributed by atoms with van der Waals surface area (Å²) in [7, 11) is 0. The third kappa shape index (κ3) is 3.03. The number of benzene rings is 1. The molecule has 1 aromatic carbocycles. The largest absolute Gasteiger partial charge is 0.307 e. The summed E-state index contributed by atoms with van der Waals surface area (Å²) in [4.78, 5) is 18.5. The Morgan fingerprint density at radius 2 is 2.17 bits per heavy atom. The zero-order valence-electron chi connectivity index (χ0n) is 10.2. The Kier molecular flexibility index (Phi) is 3.87. The molecular formula is C14H15FN2O. The Labute approximate surface area is 105 Å². The molecule has 1 N–H and O–H groups in total. The molecule has 3 nitrogen and oxygen atoms in total. The SMILES string of the molecule is CCCCc1cc(=O)[nH]c(-c2cccc(F)c2)n1. The van der Waals surface area contributed by atoms with Crippen molar-refractivity contribution in [3.8, 4) is 11.4 Å². The molecule has 0 radical (unpaired) electrons. The van der Waals surface area contributed by atoms with Gasteiger partial charge in [0.05, 0.1) is 0 Å². The van der Waals surface area contributed by atoms with E-state index >= 15 is 0 Å². The smallest absolute Gasteiger partial charge is 0.251 e. The standard InChI is InChI=1S/C14H15FN2O/c1-2-3-7-12-9-13(18)17-14(16-12)10-5-4-6-11(15)8-10/h4-6,8-9H,2-3,7H2,1H3,(H,16,17,18). The maximum atomic E-state index is 13.1. The number of nitrogens with one attached hydrogen (secondary N) is 1. The maximum absolute atomic E-state index is 13.1. The van der Waals surface area contributed by atoms with Crippen molar-refractivity contribution in [3.63, 3.8) is 0 Å². The Morgan fingerprint density at radius 3 is 2.89 bits per heavy atom. The quantitative estimate of drug-likeness (QED) is 0.901. The summed E-state index contributed by atoms with van der Waals surface area (Å²) in [6, 6.07) is 7.55. The van der Waals surface area contributed by atoms with Crippen LogP contribution in [-0.4, -0.2) is 9.97 Å². The van der Waals surface area contributed by atoms with Crippen LogP contribution in [0, 0.1) is 5.82 Å². The van der Waals surface area contributed by atoms with Gasteiger partial charge in [0, 0.05) is 17.3 Å². The predicted octanol–water partition coefficient (Wildman–Crippen LogP) is 2.92. The Hall–Kier alpha value is -1.97. The molecule has 0 aliphatic rings. The van der Waals surface area contributed by atoms with Crippen LogP contribution in [0.3, 0.4) is 0 Å². The Balaban J connectivity index is 2.38. The van der Waals surface area contributed by atoms with Gasteiger partial charge in [-0.3, -0.25) is 4.79 Å². The second-order valence-corrected chi connectivity index (χ2v) is 4.20. The van der Waals surface area contributed by atoms with E-state index in [9.17, 15) is 9.18 Å². The van der Waals surface area contributed by atoms with E-state index in [0.717, 1.165) is 25.0 Å². The van der Waals surface area contributed by atoms with Crippen LogP contribution in [0.25, 0.3) is 11.4 Å². The van der Waals surface area contributed by atoms with Crippen LogP contribution in [-0.2, 0) is 6.42 Å². The summed E-state index contributed by atoms with van der Waals surface area (Å²) in [6.45, 7) is 2.08. The van der Waals surface area contributed by atoms with Crippen molar-refractivity contribution in [1.82, 2.24) is 9.97 Å². The molecular weight excluding hydrogens is 231 g/mol. The minimum atomic E-state index is -0.339. The molecule has 0 atom stereocenters. The number of hydrogen-bond acceptors (Lipinski definition) is 2. The lowest BCUT2D eigenvalue weighted by Gasteiger charge is -2.04. The summed E-state index contributed by atoms with van der Waals surface area (Å²) >= 11 is 0. The third-order valence-corrected chi connectivity index (χ3v) is 2.68. The molecule has 0 saturated carbocycles. The molecule has 0 saturated heterocycles. The zero-order valence-corrected chi connectivity index (χ0v) is 10.2. The molecule has 1 aromatic heterocycles. The normalized spacial score (nSPS) is 10.6. The highest BCUT2D eigenvalue weighted by molar-refractivity contribution is 5.54. The van der Waals surface area contributed by atoms with Crippen LogP contribution in [0.2, 0.25) is 0 Å². The van der Waals surface area contributed by atoms with Gasteiger partial charge in [0.15, 0.2) is 0 Å². The number of H-pyrrole nitrogens is 1. The van der Waals surface area contributed by atoms with E-state index in [0.29, 0.717) is 11.4 Å². The maximum Gasteiger partial charge on any atom is 0.251 e. The number of aromatic nitrogens is 2. The number of halogens is 1. The average Bonchev–Trinajstić information content (AvgIpc) is 2.36. The molecule has 0 unspecified atom stereocenters. The fourth-order valence-electron chi connectivity index (χ4n) is 1.77. The minimum Gasteiger partial charge on any atom is -0.307 e. The number of rotatable bonds is 4. The first kappa shape index (κ1) is 12.5. The van der Waals surface area contributed by atoms with E-state index in [2.05, 4.69) is 16.9 Å². The summed E-state index contributed by atoms with van der Waals surface area (Å²) in [5.41, 5.74) is 1.14. The second kappa shape index (κ2) is 5.58. The number of aromatic amines is 1. The van der Waals surface area contributed by atoms with Gasteiger partial charge in [0.2, 0.25) is 0 Å². The van der Waals surface area contributed by atoms with E-state index < -0.39 is 0 Å². The number of hydrogen-bond donors (Lipinski definition) is 1. The lowest BCUT2D eigenvalue weighted by atomic mass is 10.1. The highest BCUT2D eigenvalue weighted by Gasteiger charge is 2.04. The van der Waals surface area contributed by atoms with Crippen molar-refractivity contribution in [2.75, 3.05) is 0 Å². The minimum absolute atomic E-state index is 0.199. The van der Waals surface area contributed by atoms with Gasteiger partial charge in [0.1, 0.15) is 11.6 Å². The number of aryl methyl sites for hydroxylation is 1. The molecule has 0 spiro atoms. The molecule has 2 aromatic rings. The van der Waals surface area contributed by atoms with E-state index in [4.69, 9.17) is 0 Å². The molecule has 0 amide bonds. The van der Waals surface area contributed by atoms with Gasteiger partial charge in [0.25, 0.3) is 5.56 Å². The fraction of sp³-hybridized carbons (Fsp3) is 0.286. The average molecular weight is 246 g/mol.